The van der Waals surface area contributed by atoms with E-state index in [0.29, 0.717) is 12.8 Å². The molecule has 1 heterocycles. The highest BCUT2D eigenvalue weighted by atomic mass is 16.6. The quantitative estimate of drug-likeness (QED) is 0.174. The summed E-state index contributed by atoms with van der Waals surface area (Å²) >= 11 is 0. The van der Waals surface area contributed by atoms with Crippen LogP contribution < -0.4 is 10.6 Å². The zero-order chi connectivity index (χ0) is 29.2. The summed E-state index contributed by atoms with van der Waals surface area (Å²) < 4.78 is 17.0. The van der Waals surface area contributed by atoms with Crippen molar-refractivity contribution in [3.05, 3.63) is 59.7 Å². The lowest BCUT2D eigenvalue weighted by atomic mass is 9.91. The first-order valence-corrected chi connectivity index (χ1v) is 13.1. The number of aromatic hydroxyl groups is 1. The molecule has 0 aromatic heterocycles. The van der Waals surface area contributed by atoms with Crippen molar-refractivity contribution in [1.29, 1.82) is 0 Å². The molecule has 2 aromatic carbocycles. The van der Waals surface area contributed by atoms with Crippen LogP contribution in [0.2, 0.25) is 0 Å². The van der Waals surface area contributed by atoms with Gasteiger partial charge < -0.3 is 30.0 Å². The lowest BCUT2D eigenvalue weighted by molar-refractivity contribution is -0.174. The summed E-state index contributed by atoms with van der Waals surface area (Å²) in [4.78, 5) is 63.2. The van der Waals surface area contributed by atoms with Crippen molar-refractivity contribution in [3.8, 4) is 5.75 Å². The molecule has 3 N–H and O–H groups in total. The normalized spacial score (nSPS) is 22.9. The molecule has 0 unspecified atom stereocenters. The van der Waals surface area contributed by atoms with E-state index in [-0.39, 0.29) is 24.1 Å². The summed E-state index contributed by atoms with van der Waals surface area (Å²) in [6.45, 7) is 4.86. The number of hydrogen-bond acceptors (Lipinski definition) is 9. The van der Waals surface area contributed by atoms with Crippen LogP contribution in [0, 0.1) is 5.92 Å². The van der Waals surface area contributed by atoms with Crippen LogP contribution >= 0.6 is 0 Å². The summed E-state index contributed by atoms with van der Waals surface area (Å²) in [5.74, 6) is -4.55. The van der Waals surface area contributed by atoms with E-state index in [1.165, 1.54) is 32.0 Å². The topological polar surface area (TPSA) is 157 Å². The standard InChI is InChI=1S/C29H34N2O9/c1-4-5-14-23(33)40-26-18(3)39-29(37)24(31-27(35)20-12-9-13-22(25(20)34)30-16-32)17(2)38-28(36)21(26)15-19-10-7-6-8-11-19/h6-13,16-18,21,24,26,34H,4-5,14-15H2,1-3H3,(H,30,32)(H,31,35)/t17-,18+,21-,24+,26+/m1/s1. The Balaban J connectivity index is 1.91. The van der Waals surface area contributed by atoms with Gasteiger partial charge in [0.25, 0.3) is 5.91 Å². The van der Waals surface area contributed by atoms with Crippen molar-refractivity contribution >= 4 is 35.9 Å². The van der Waals surface area contributed by atoms with Crippen LogP contribution in [0.15, 0.2) is 48.5 Å². The number of rotatable bonds is 10. The van der Waals surface area contributed by atoms with Gasteiger partial charge in [-0.25, -0.2) is 4.79 Å². The van der Waals surface area contributed by atoms with Gasteiger partial charge in [0.15, 0.2) is 17.9 Å². The molecule has 11 heteroatoms. The number of phenolic OH excluding ortho intramolecular Hbond substituents is 1. The van der Waals surface area contributed by atoms with Gasteiger partial charge in [-0.3, -0.25) is 19.2 Å². The average molecular weight is 555 g/mol. The van der Waals surface area contributed by atoms with E-state index in [2.05, 4.69) is 10.6 Å². The minimum atomic E-state index is -1.45. The highest BCUT2D eigenvalue weighted by molar-refractivity contribution is 6.01. The van der Waals surface area contributed by atoms with Crippen molar-refractivity contribution in [2.75, 3.05) is 5.32 Å². The number of benzene rings is 2. The number of anilines is 1. The smallest absolute Gasteiger partial charge is 0.332 e. The number of carbonyl (C=O) groups is 5. The summed E-state index contributed by atoms with van der Waals surface area (Å²) in [7, 11) is 0. The predicted molar refractivity (Wildman–Crippen MR) is 143 cm³/mol. The Morgan fingerprint density at radius 2 is 1.70 bits per heavy atom. The predicted octanol–water partition coefficient (Wildman–Crippen LogP) is 2.90. The fourth-order valence-corrected chi connectivity index (χ4v) is 4.39. The van der Waals surface area contributed by atoms with Gasteiger partial charge in [0, 0.05) is 6.42 Å². The molecule has 0 spiro atoms. The number of ether oxygens (including phenoxy) is 3. The lowest BCUT2D eigenvalue weighted by Gasteiger charge is -2.29. The highest BCUT2D eigenvalue weighted by Crippen LogP contribution is 2.28. The zero-order valence-electron chi connectivity index (χ0n) is 22.6. The summed E-state index contributed by atoms with van der Waals surface area (Å²) in [5, 5.41) is 15.1. The molecule has 0 saturated carbocycles. The molecule has 0 aliphatic carbocycles. The zero-order valence-corrected chi connectivity index (χ0v) is 22.6. The second kappa shape index (κ2) is 14.1. The molecular formula is C29H34N2O9. The number of cyclic esters (lactones) is 2. The second-order valence-electron chi connectivity index (χ2n) is 9.55. The van der Waals surface area contributed by atoms with Crippen molar-refractivity contribution in [2.24, 2.45) is 5.92 Å². The van der Waals surface area contributed by atoms with Gasteiger partial charge in [-0.1, -0.05) is 49.7 Å². The molecular weight excluding hydrogens is 520 g/mol. The van der Waals surface area contributed by atoms with Crippen LogP contribution in [0.4, 0.5) is 5.69 Å². The molecule has 1 aliphatic heterocycles. The highest BCUT2D eigenvalue weighted by Gasteiger charge is 2.44. The molecule has 1 aliphatic rings. The minimum Gasteiger partial charge on any atom is -0.505 e. The van der Waals surface area contributed by atoms with E-state index in [9.17, 15) is 29.1 Å². The Labute approximate surface area is 232 Å². The van der Waals surface area contributed by atoms with Crippen LogP contribution in [0.25, 0.3) is 0 Å². The maximum Gasteiger partial charge on any atom is 0.332 e. The van der Waals surface area contributed by atoms with Crippen molar-refractivity contribution in [3.63, 3.8) is 0 Å². The number of amides is 2. The molecule has 2 amide bonds. The fraction of sp³-hybridized carbons (Fsp3) is 0.414. The van der Waals surface area contributed by atoms with Gasteiger partial charge in [0.1, 0.15) is 18.1 Å². The number of hydrogen-bond donors (Lipinski definition) is 3. The second-order valence-corrected chi connectivity index (χ2v) is 9.55. The fourth-order valence-electron chi connectivity index (χ4n) is 4.39. The number of para-hydroxylation sites is 1. The Hall–Kier alpha value is -4.41. The number of unbranched alkanes of at least 4 members (excludes halogenated alkanes) is 1. The van der Waals surface area contributed by atoms with Gasteiger partial charge in [-0.05, 0) is 44.4 Å². The Bertz CT molecular complexity index is 1220. The van der Waals surface area contributed by atoms with Gasteiger partial charge in [-0.15, -0.1) is 0 Å². The molecule has 2 aromatic rings. The van der Waals surface area contributed by atoms with E-state index in [0.717, 1.165) is 12.0 Å². The molecule has 40 heavy (non-hydrogen) atoms. The van der Waals surface area contributed by atoms with Crippen molar-refractivity contribution in [2.45, 2.75) is 70.8 Å². The summed E-state index contributed by atoms with van der Waals surface area (Å²) in [6.07, 6.45) is -1.39. The Morgan fingerprint density at radius 3 is 2.38 bits per heavy atom. The van der Waals surface area contributed by atoms with Gasteiger partial charge in [0.05, 0.1) is 11.3 Å². The van der Waals surface area contributed by atoms with E-state index in [1.807, 2.05) is 37.3 Å². The van der Waals surface area contributed by atoms with Crippen LogP contribution in [0.3, 0.4) is 0 Å². The Morgan fingerprint density at radius 1 is 1.00 bits per heavy atom. The third-order valence-electron chi connectivity index (χ3n) is 6.57. The monoisotopic (exact) mass is 554 g/mol. The van der Waals surface area contributed by atoms with E-state index < -0.39 is 59.8 Å². The molecule has 0 bridgehead atoms. The number of esters is 3. The number of phenols is 1. The van der Waals surface area contributed by atoms with Crippen LogP contribution in [-0.4, -0.2) is 59.7 Å². The molecule has 1 saturated heterocycles. The molecule has 5 atom stereocenters. The van der Waals surface area contributed by atoms with Gasteiger partial charge >= 0.3 is 17.9 Å². The molecule has 0 radical (unpaired) electrons. The lowest BCUT2D eigenvalue weighted by Crippen LogP contribution is -2.50. The maximum absolute atomic E-state index is 13.5. The Kier molecular flexibility index (Phi) is 10.6. The van der Waals surface area contributed by atoms with Crippen LogP contribution in [0.1, 0.15) is 56.0 Å². The van der Waals surface area contributed by atoms with E-state index in [4.69, 9.17) is 14.2 Å². The largest absolute Gasteiger partial charge is 0.505 e. The first-order chi connectivity index (χ1) is 19.2. The van der Waals surface area contributed by atoms with Crippen LogP contribution in [0.5, 0.6) is 5.75 Å². The maximum atomic E-state index is 13.5. The SMILES string of the molecule is CCCCC(=O)O[C@H]1[C@H](C)OC(=O)[C@@H](NC(=O)c2cccc(NC=O)c2O)[C@@H](C)OC(=O)[C@@H]1Cc1ccccc1. The molecule has 3 rings (SSSR count). The first-order valence-electron chi connectivity index (χ1n) is 13.1. The average Bonchev–Trinajstić information content (AvgIpc) is 2.95. The molecule has 214 valence electrons. The van der Waals surface area contributed by atoms with Gasteiger partial charge in [0.2, 0.25) is 6.41 Å². The third kappa shape index (κ3) is 7.58. The first kappa shape index (κ1) is 30.1. The summed E-state index contributed by atoms with van der Waals surface area (Å²) in [5.41, 5.74) is 0.550. The van der Waals surface area contributed by atoms with Crippen molar-refractivity contribution < 1.29 is 43.3 Å². The van der Waals surface area contributed by atoms with Crippen LogP contribution in [-0.2, 0) is 39.8 Å². The van der Waals surface area contributed by atoms with Gasteiger partial charge in [-0.2, -0.15) is 0 Å². The minimum absolute atomic E-state index is 0.00993. The van der Waals surface area contributed by atoms with E-state index in [1.54, 1.807) is 0 Å². The number of nitrogens with one attached hydrogen (secondary N) is 2. The third-order valence-corrected chi connectivity index (χ3v) is 6.57. The summed E-state index contributed by atoms with van der Waals surface area (Å²) in [6, 6.07) is 11.7. The van der Waals surface area contributed by atoms with Crippen molar-refractivity contribution in [1.82, 2.24) is 5.32 Å². The molecule has 11 nitrogen and oxygen atoms in total. The number of carbonyl (C=O) groups excluding carboxylic acids is 5. The van der Waals surface area contributed by atoms with E-state index >= 15 is 0 Å². The molecule has 1 fully saturated rings.